The highest BCUT2D eigenvalue weighted by Crippen LogP contribution is 2.27. The molecular formula is C28H27Cl2N3O2. The van der Waals surface area contributed by atoms with Crippen LogP contribution in [0.1, 0.15) is 55.3 Å². The van der Waals surface area contributed by atoms with Gasteiger partial charge in [0.25, 0.3) is 11.5 Å². The van der Waals surface area contributed by atoms with Crippen molar-refractivity contribution in [1.29, 1.82) is 0 Å². The number of para-hydroxylation sites is 1. The van der Waals surface area contributed by atoms with E-state index in [1.54, 1.807) is 64.1 Å². The van der Waals surface area contributed by atoms with Crippen LogP contribution in [0.15, 0.2) is 77.6 Å². The Kier molecular flexibility index (Phi) is 7.89. The fraction of sp³-hybridized carbons (Fsp3) is 0.250. The van der Waals surface area contributed by atoms with Gasteiger partial charge in [-0.25, -0.2) is 4.98 Å². The maximum atomic E-state index is 13.7. The van der Waals surface area contributed by atoms with Crippen LogP contribution in [0.2, 0.25) is 10.0 Å². The van der Waals surface area contributed by atoms with Crippen LogP contribution in [0.4, 0.5) is 0 Å². The molecule has 0 aliphatic heterocycles. The molecule has 1 atom stereocenters. The number of carbonyl (C=O) groups excluding carboxylic acids is 1. The fourth-order valence-corrected chi connectivity index (χ4v) is 4.54. The van der Waals surface area contributed by atoms with Gasteiger partial charge in [-0.3, -0.25) is 14.2 Å². The summed E-state index contributed by atoms with van der Waals surface area (Å²) in [5.74, 6) is 0.289. The summed E-state index contributed by atoms with van der Waals surface area (Å²) in [5, 5.41) is 1.47. The number of fused-ring (bicyclic) bond motifs is 1. The number of rotatable bonds is 8. The summed E-state index contributed by atoms with van der Waals surface area (Å²) in [5.41, 5.74) is 1.46. The van der Waals surface area contributed by atoms with E-state index in [2.05, 4.69) is 6.92 Å². The van der Waals surface area contributed by atoms with E-state index in [4.69, 9.17) is 28.2 Å². The largest absolute Gasteiger partial charge is 0.329 e. The maximum absolute atomic E-state index is 13.7. The van der Waals surface area contributed by atoms with Gasteiger partial charge in [0.15, 0.2) is 0 Å². The number of amides is 1. The van der Waals surface area contributed by atoms with Crippen LogP contribution >= 0.6 is 23.2 Å². The van der Waals surface area contributed by atoms with Gasteiger partial charge < -0.3 is 4.90 Å². The van der Waals surface area contributed by atoms with E-state index in [1.165, 1.54) is 0 Å². The summed E-state index contributed by atoms with van der Waals surface area (Å²) in [6.45, 7) is 4.54. The average molecular weight is 508 g/mol. The topological polar surface area (TPSA) is 55.2 Å². The molecule has 4 aromatic rings. The summed E-state index contributed by atoms with van der Waals surface area (Å²) in [4.78, 5) is 34.1. The number of benzene rings is 3. The second-order valence-electron chi connectivity index (χ2n) is 8.47. The molecule has 1 aromatic heterocycles. The van der Waals surface area contributed by atoms with E-state index in [9.17, 15) is 9.59 Å². The Morgan fingerprint density at radius 3 is 2.37 bits per heavy atom. The lowest BCUT2D eigenvalue weighted by Crippen LogP contribution is -2.38. The Labute approximate surface area is 214 Å². The Bertz CT molecular complexity index is 1400. The zero-order valence-corrected chi connectivity index (χ0v) is 21.3. The monoisotopic (exact) mass is 507 g/mol. The first-order valence-electron chi connectivity index (χ1n) is 11.8. The van der Waals surface area contributed by atoms with Crippen LogP contribution < -0.4 is 5.56 Å². The standard InChI is InChI=1S/C28H27Cl2N3O2/c1-3-4-9-18-32(27(34)22-10-5-7-12-24(22)30)19(2)26-31-25-13-8-6-11-23(25)28(35)33(26)21-16-14-20(29)15-17-21/h5-8,10-17,19H,3-4,9,18H2,1-2H3. The van der Waals surface area contributed by atoms with Gasteiger partial charge in [-0.15, -0.1) is 0 Å². The molecule has 3 aromatic carbocycles. The van der Waals surface area contributed by atoms with Gasteiger partial charge in [0.05, 0.1) is 33.2 Å². The lowest BCUT2D eigenvalue weighted by atomic mass is 10.1. The van der Waals surface area contributed by atoms with Crippen LogP contribution in [0.5, 0.6) is 0 Å². The van der Waals surface area contributed by atoms with Crippen molar-refractivity contribution in [1.82, 2.24) is 14.5 Å². The van der Waals surface area contributed by atoms with Crippen molar-refractivity contribution in [3.8, 4) is 5.69 Å². The summed E-state index contributed by atoms with van der Waals surface area (Å²) in [6, 6.07) is 20.8. The predicted octanol–water partition coefficient (Wildman–Crippen LogP) is 7.09. The summed E-state index contributed by atoms with van der Waals surface area (Å²) in [7, 11) is 0. The van der Waals surface area contributed by atoms with Crippen molar-refractivity contribution >= 4 is 40.0 Å². The molecule has 0 aliphatic rings. The molecular weight excluding hydrogens is 481 g/mol. The quantitative estimate of drug-likeness (QED) is 0.239. The fourth-order valence-electron chi connectivity index (χ4n) is 4.20. The van der Waals surface area contributed by atoms with Crippen LogP contribution in [-0.2, 0) is 0 Å². The van der Waals surface area contributed by atoms with Crippen molar-refractivity contribution in [2.45, 2.75) is 39.2 Å². The highest BCUT2D eigenvalue weighted by Gasteiger charge is 2.28. The lowest BCUT2D eigenvalue weighted by molar-refractivity contribution is 0.0677. The molecule has 0 saturated carbocycles. The molecule has 0 N–H and O–H groups in total. The van der Waals surface area contributed by atoms with Crippen molar-refractivity contribution in [2.24, 2.45) is 0 Å². The van der Waals surface area contributed by atoms with Gasteiger partial charge in [-0.2, -0.15) is 0 Å². The number of aromatic nitrogens is 2. The predicted molar refractivity (Wildman–Crippen MR) is 143 cm³/mol. The third kappa shape index (κ3) is 5.26. The van der Waals surface area contributed by atoms with E-state index in [0.29, 0.717) is 44.6 Å². The third-order valence-electron chi connectivity index (χ3n) is 6.10. The van der Waals surface area contributed by atoms with Gasteiger partial charge in [-0.05, 0) is 61.9 Å². The molecule has 180 valence electrons. The van der Waals surface area contributed by atoms with E-state index in [-0.39, 0.29) is 11.5 Å². The summed E-state index contributed by atoms with van der Waals surface area (Å²) in [6.07, 6.45) is 2.83. The number of hydrogen-bond donors (Lipinski definition) is 0. The lowest BCUT2D eigenvalue weighted by Gasteiger charge is -2.31. The normalized spacial score (nSPS) is 12.0. The molecule has 1 amide bonds. The minimum absolute atomic E-state index is 0.190. The average Bonchev–Trinajstić information content (AvgIpc) is 2.87. The van der Waals surface area contributed by atoms with Crippen LogP contribution in [-0.4, -0.2) is 26.9 Å². The van der Waals surface area contributed by atoms with E-state index in [0.717, 1.165) is 19.3 Å². The Balaban J connectivity index is 1.89. The highest BCUT2D eigenvalue weighted by atomic mass is 35.5. The molecule has 0 saturated heterocycles. The maximum Gasteiger partial charge on any atom is 0.266 e. The summed E-state index contributed by atoms with van der Waals surface area (Å²) < 4.78 is 1.58. The molecule has 4 rings (SSSR count). The van der Waals surface area contributed by atoms with E-state index < -0.39 is 6.04 Å². The first-order chi connectivity index (χ1) is 16.9. The van der Waals surface area contributed by atoms with Crippen molar-refractivity contribution < 1.29 is 4.79 Å². The van der Waals surface area contributed by atoms with Crippen LogP contribution in [0.25, 0.3) is 16.6 Å². The van der Waals surface area contributed by atoms with Gasteiger partial charge in [0.2, 0.25) is 0 Å². The summed E-state index contributed by atoms with van der Waals surface area (Å²) >= 11 is 12.5. The van der Waals surface area contributed by atoms with E-state index in [1.807, 2.05) is 25.1 Å². The number of carbonyl (C=O) groups is 1. The van der Waals surface area contributed by atoms with Crippen molar-refractivity contribution in [2.75, 3.05) is 6.54 Å². The Morgan fingerprint density at radius 1 is 0.971 bits per heavy atom. The van der Waals surface area contributed by atoms with Gasteiger partial charge in [0, 0.05) is 11.6 Å². The first-order valence-corrected chi connectivity index (χ1v) is 12.5. The second-order valence-corrected chi connectivity index (χ2v) is 9.31. The molecule has 7 heteroatoms. The molecule has 1 unspecified atom stereocenters. The zero-order chi connectivity index (χ0) is 24.9. The SMILES string of the molecule is CCCCCN(C(=O)c1ccccc1Cl)C(C)c1nc2ccccc2c(=O)n1-c1ccc(Cl)cc1. The second kappa shape index (κ2) is 11.1. The third-order valence-corrected chi connectivity index (χ3v) is 6.68. The van der Waals surface area contributed by atoms with Gasteiger partial charge >= 0.3 is 0 Å². The molecule has 0 aliphatic carbocycles. The smallest absolute Gasteiger partial charge is 0.266 e. The minimum atomic E-state index is -0.497. The van der Waals surface area contributed by atoms with Gasteiger partial charge in [-0.1, -0.05) is 67.2 Å². The molecule has 1 heterocycles. The molecule has 0 radical (unpaired) electrons. The molecule has 0 fully saturated rings. The number of hydrogen-bond acceptors (Lipinski definition) is 3. The molecule has 5 nitrogen and oxygen atoms in total. The highest BCUT2D eigenvalue weighted by molar-refractivity contribution is 6.33. The molecule has 0 spiro atoms. The number of nitrogens with zero attached hydrogens (tertiary/aromatic N) is 3. The Morgan fingerprint density at radius 2 is 1.66 bits per heavy atom. The Hall–Kier alpha value is -3.15. The van der Waals surface area contributed by atoms with Crippen LogP contribution in [0, 0.1) is 0 Å². The number of unbranched alkanes of at least 4 members (excludes halogenated alkanes) is 2. The van der Waals surface area contributed by atoms with Crippen molar-refractivity contribution in [3.05, 3.63) is 105 Å². The number of halogens is 2. The molecule has 0 bridgehead atoms. The molecule has 35 heavy (non-hydrogen) atoms. The zero-order valence-electron chi connectivity index (χ0n) is 19.7. The first kappa shape index (κ1) is 25.0. The van der Waals surface area contributed by atoms with Gasteiger partial charge in [0.1, 0.15) is 5.82 Å². The minimum Gasteiger partial charge on any atom is -0.329 e. The van der Waals surface area contributed by atoms with Crippen molar-refractivity contribution in [3.63, 3.8) is 0 Å². The van der Waals surface area contributed by atoms with E-state index >= 15 is 0 Å². The van der Waals surface area contributed by atoms with Crippen LogP contribution in [0.3, 0.4) is 0 Å².